The van der Waals surface area contributed by atoms with Crippen LogP contribution in [-0.2, 0) is 0 Å². The van der Waals surface area contributed by atoms with E-state index < -0.39 is 0 Å². The Morgan fingerprint density at radius 3 is 2.30 bits per heavy atom. The largest absolute Gasteiger partial charge is 0.314 e. The zero-order valence-electron chi connectivity index (χ0n) is 14.3. The van der Waals surface area contributed by atoms with Gasteiger partial charge in [0.25, 0.3) is 0 Å². The molecular weight excluding hydrogens is 242 g/mol. The van der Waals surface area contributed by atoms with Crippen LogP contribution in [0.3, 0.4) is 0 Å². The van der Waals surface area contributed by atoms with E-state index in [-0.39, 0.29) is 0 Å². The molecule has 6 atom stereocenters. The molecule has 0 spiro atoms. The van der Waals surface area contributed by atoms with Crippen LogP contribution < -0.4 is 5.32 Å². The number of hydrogen-bond acceptors (Lipinski definition) is 1. The van der Waals surface area contributed by atoms with Crippen molar-refractivity contribution in [2.24, 2.45) is 29.6 Å². The fourth-order valence-corrected chi connectivity index (χ4v) is 4.90. The first-order valence-corrected chi connectivity index (χ1v) is 9.39. The fraction of sp³-hybridized carbons (Fsp3) is 1.00. The van der Waals surface area contributed by atoms with Crippen molar-refractivity contribution in [3.63, 3.8) is 0 Å². The summed E-state index contributed by atoms with van der Waals surface area (Å²) < 4.78 is 0. The van der Waals surface area contributed by atoms with Crippen LogP contribution in [-0.4, -0.2) is 12.6 Å². The van der Waals surface area contributed by atoms with Gasteiger partial charge in [-0.1, -0.05) is 53.4 Å². The summed E-state index contributed by atoms with van der Waals surface area (Å²) in [5.41, 5.74) is 0. The third-order valence-corrected chi connectivity index (χ3v) is 6.50. The molecule has 1 nitrogen and oxygen atoms in total. The lowest BCUT2D eigenvalue weighted by Crippen LogP contribution is -2.46. The van der Waals surface area contributed by atoms with Crippen molar-refractivity contribution >= 4 is 0 Å². The molecule has 2 saturated carbocycles. The lowest BCUT2D eigenvalue weighted by atomic mass is 9.67. The summed E-state index contributed by atoms with van der Waals surface area (Å²) in [6, 6.07) is 0.810. The van der Waals surface area contributed by atoms with Gasteiger partial charge in [0.1, 0.15) is 0 Å². The molecule has 0 saturated heterocycles. The molecule has 0 bridgehead atoms. The normalized spacial score (nSPS) is 40.5. The van der Waals surface area contributed by atoms with Crippen LogP contribution in [0.4, 0.5) is 0 Å². The van der Waals surface area contributed by atoms with Gasteiger partial charge in [-0.15, -0.1) is 0 Å². The topological polar surface area (TPSA) is 12.0 Å². The van der Waals surface area contributed by atoms with E-state index >= 15 is 0 Å². The first kappa shape index (κ1) is 16.3. The van der Waals surface area contributed by atoms with Gasteiger partial charge in [-0.2, -0.15) is 0 Å². The Kier molecular flexibility index (Phi) is 6.39. The number of nitrogens with one attached hydrogen (secondary N) is 1. The minimum absolute atomic E-state index is 0.810. The third-order valence-electron chi connectivity index (χ3n) is 6.50. The molecule has 0 heterocycles. The maximum absolute atomic E-state index is 3.90. The molecule has 0 radical (unpaired) electrons. The van der Waals surface area contributed by atoms with Gasteiger partial charge in [0.05, 0.1) is 0 Å². The summed E-state index contributed by atoms with van der Waals surface area (Å²) in [5, 5.41) is 3.90. The average Bonchev–Trinajstić information content (AvgIpc) is 2.48. The molecule has 0 aliphatic heterocycles. The number of rotatable bonds is 5. The Labute approximate surface area is 127 Å². The van der Waals surface area contributed by atoms with Gasteiger partial charge < -0.3 is 5.32 Å². The number of hydrogen-bond donors (Lipinski definition) is 1. The van der Waals surface area contributed by atoms with Crippen LogP contribution in [0.1, 0.15) is 79.1 Å². The van der Waals surface area contributed by atoms with Gasteiger partial charge in [-0.05, 0) is 61.8 Å². The molecule has 0 amide bonds. The molecule has 2 aliphatic carbocycles. The molecule has 2 rings (SSSR count). The quantitative estimate of drug-likeness (QED) is 0.724. The Morgan fingerprint density at radius 2 is 1.65 bits per heavy atom. The van der Waals surface area contributed by atoms with Crippen molar-refractivity contribution < 1.29 is 0 Å². The lowest BCUT2D eigenvalue weighted by molar-refractivity contribution is 0.111. The van der Waals surface area contributed by atoms with E-state index in [9.17, 15) is 0 Å². The monoisotopic (exact) mass is 279 g/mol. The van der Waals surface area contributed by atoms with E-state index in [1.54, 1.807) is 0 Å². The molecule has 1 N–H and O–H groups in total. The first-order chi connectivity index (χ1) is 9.65. The SMILES string of the molecule is CCNC(C1CCCC(CC)C1)C1CCC(C)C(C)C1. The van der Waals surface area contributed by atoms with Gasteiger partial charge >= 0.3 is 0 Å². The minimum atomic E-state index is 0.810. The molecule has 0 aromatic carbocycles. The van der Waals surface area contributed by atoms with E-state index in [2.05, 4.69) is 33.0 Å². The summed E-state index contributed by atoms with van der Waals surface area (Å²) in [6.07, 6.45) is 11.7. The van der Waals surface area contributed by atoms with E-state index in [4.69, 9.17) is 0 Å². The summed E-state index contributed by atoms with van der Waals surface area (Å²) in [6.45, 7) is 10.8. The van der Waals surface area contributed by atoms with Gasteiger partial charge in [-0.25, -0.2) is 0 Å². The minimum Gasteiger partial charge on any atom is -0.314 e. The van der Waals surface area contributed by atoms with E-state index in [1.807, 2.05) is 0 Å². The molecule has 1 heteroatoms. The molecular formula is C19H37N. The van der Waals surface area contributed by atoms with Crippen LogP contribution in [0.2, 0.25) is 0 Å². The molecule has 20 heavy (non-hydrogen) atoms. The van der Waals surface area contributed by atoms with Gasteiger partial charge in [-0.3, -0.25) is 0 Å². The molecule has 0 aromatic heterocycles. The molecule has 6 unspecified atom stereocenters. The molecule has 2 aliphatic rings. The first-order valence-electron chi connectivity index (χ1n) is 9.39. The molecule has 118 valence electrons. The highest BCUT2D eigenvalue weighted by Gasteiger charge is 2.35. The van der Waals surface area contributed by atoms with E-state index in [0.717, 1.165) is 42.2 Å². The smallest absolute Gasteiger partial charge is 0.0124 e. The highest BCUT2D eigenvalue weighted by atomic mass is 14.9. The Morgan fingerprint density at radius 1 is 0.900 bits per heavy atom. The fourth-order valence-electron chi connectivity index (χ4n) is 4.90. The molecule has 2 fully saturated rings. The van der Waals surface area contributed by atoms with Crippen LogP contribution in [0.25, 0.3) is 0 Å². The maximum Gasteiger partial charge on any atom is 0.0124 e. The summed E-state index contributed by atoms with van der Waals surface area (Å²) in [5.74, 6) is 4.79. The van der Waals surface area contributed by atoms with Crippen molar-refractivity contribution in [2.75, 3.05) is 6.54 Å². The van der Waals surface area contributed by atoms with Crippen LogP contribution in [0, 0.1) is 29.6 Å². The molecule has 0 aromatic rings. The van der Waals surface area contributed by atoms with Crippen molar-refractivity contribution in [1.82, 2.24) is 5.32 Å². The predicted octanol–water partition coefficient (Wildman–Crippen LogP) is 5.25. The lowest BCUT2D eigenvalue weighted by Gasteiger charge is -2.43. The van der Waals surface area contributed by atoms with E-state index in [1.165, 1.54) is 51.4 Å². The summed E-state index contributed by atoms with van der Waals surface area (Å²) >= 11 is 0. The Balaban J connectivity index is 1.98. The van der Waals surface area contributed by atoms with Gasteiger partial charge in [0.15, 0.2) is 0 Å². The second kappa shape index (κ2) is 7.82. The highest BCUT2D eigenvalue weighted by Crippen LogP contribution is 2.41. The van der Waals surface area contributed by atoms with E-state index in [0.29, 0.717) is 0 Å². The second-order valence-corrected chi connectivity index (χ2v) is 7.81. The summed E-state index contributed by atoms with van der Waals surface area (Å²) in [4.78, 5) is 0. The zero-order chi connectivity index (χ0) is 14.5. The maximum atomic E-state index is 3.90. The van der Waals surface area contributed by atoms with Crippen molar-refractivity contribution in [1.29, 1.82) is 0 Å². The predicted molar refractivity (Wildman–Crippen MR) is 88.9 cm³/mol. The van der Waals surface area contributed by atoms with Crippen molar-refractivity contribution in [3.05, 3.63) is 0 Å². The Bertz CT molecular complexity index is 269. The second-order valence-electron chi connectivity index (χ2n) is 7.81. The third kappa shape index (κ3) is 4.00. The standard InChI is InChI=1S/C19H37N/c1-5-16-8-7-9-17(13-16)19(20-6-2)18-11-10-14(3)15(4)12-18/h14-20H,5-13H2,1-4H3. The van der Waals surface area contributed by atoms with Crippen LogP contribution >= 0.6 is 0 Å². The van der Waals surface area contributed by atoms with Gasteiger partial charge in [0, 0.05) is 6.04 Å². The van der Waals surface area contributed by atoms with Crippen molar-refractivity contribution in [2.45, 2.75) is 85.1 Å². The van der Waals surface area contributed by atoms with Gasteiger partial charge in [0.2, 0.25) is 0 Å². The Hall–Kier alpha value is -0.0400. The summed E-state index contributed by atoms with van der Waals surface area (Å²) in [7, 11) is 0. The highest BCUT2D eigenvalue weighted by molar-refractivity contribution is 4.90. The zero-order valence-corrected chi connectivity index (χ0v) is 14.3. The van der Waals surface area contributed by atoms with Crippen LogP contribution in [0.5, 0.6) is 0 Å². The average molecular weight is 280 g/mol. The van der Waals surface area contributed by atoms with Crippen molar-refractivity contribution in [3.8, 4) is 0 Å². The van der Waals surface area contributed by atoms with Crippen LogP contribution in [0.15, 0.2) is 0 Å².